The highest BCUT2D eigenvalue weighted by Gasteiger charge is 2.35. The molecule has 1 aromatic rings. The molecule has 15 heavy (non-hydrogen) atoms. The number of nitrogens with zero attached hydrogens (tertiary/aromatic N) is 1. The summed E-state index contributed by atoms with van der Waals surface area (Å²) in [6.07, 6.45) is 6.00. The van der Waals surface area contributed by atoms with Gasteiger partial charge in [0.05, 0.1) is 5.54 Å². The van der Waals surface area contributed by atoms with Gasteiger partial charge < -0.3 is 0 Å². The quantitative estimate of drug-likeness (QED) is 0.534. The number of rotatable bonds is 2. The first-order valence-corrected chi connectivity index (χ1v) is 5.43. The van der Waals surface area contributed by atoms with Crippen molar-refractivity contribution in [2.45, 2.75) is 38.1 Å². The van der Waals surface area contributed by atoms with E-state index in [-0.39, 0.29) is 5.54 Å². The SMILES string of the molecule is Cc1cccc(C2(N=C=O)CCCC2)c1. The van der Waals surface area contributed by atoms with E-state index in [2.05, 4.69) is 30.1 Å². The monoisotopic (exact) mass is 201 g/mol. The van der Waals surface area contributed by atoms with Gasteiger partial charge in [-0.05, 0) is 25.3 Å². The van der Waals surface area contributed by atoms with Crippen molar-refractivity contribution in [3.05, 3.63) is 35.4 Å². The lowest BCUT2D eigenvalue weighted by Crippen LogP contribution is -2.18. The van der Waals surface area contributed by atoms with E-state index < -0.39 is 0 Å². The Morgan fingerprint density at radius 2 is 2.07 bits per heavy atom. The number of hydrogen-bond donors (Lipinski definition) is 0. The summed E-state index contributed by atoms with van der Waals surface area (Å²) in [6, 6.07) is 8.30. The third-order valence-corrected chi connectivity index (χ3v) is 3.25. The Balaban J connectivity index is 2.45. The second-order valence-corrected chi connectivity index (χ2v) is 4.31. The fourth-order valence-electron chi connectivity index (χ4n) is 2.45. The van der Waals surface area contributed by atoms with Crippen LogP contribution in [0.5, 0.6) is 0 Å². The Morgan fingerprint density at radius 1 is 1.33 bits per heavy atom. The second-order valence-electron chi connectivity index (χ2n) is 4.31. The molecule has 0 aliphatic heterocycles. The van der Waals surface area contributed by atoms with Crippen LogP contribution < -0.4 is 0 Å². The highest BCUT2D eigenvalue weighted by Crippen LogP contribution is 2.42. The van der Waals surface area contributed by atoms with Crippen molar-refractivity contribution < 1.29 is 4.79 Å². The van der Waals surface area contributed by atoms with Crippen LogP contribution in [0.2, 0.25) is 0 Å². The molecular formula is C13H15NO. The van der Waals surface area contributed by atoms with Crippen molar-refractivity contribution in [2.75, 3.05) is 0 Å². The minimum absolute atomic E-state index is 0.270. The molecule has 0 unspecified atom stereocenters. The van der Waals surface area contributed by atoms with E-state index in [1.54, 1.807) is 6.08 Å². The van der Waals surface area contributed by atoms with Gasteiger partial charge in [-0.3, -0.25) is 0 Å². The van der Waals surface area contributed by atoms with Crippen molar-refractivity contribution >= 4 is 6.08 Å². The molecule has 0 radical (unpaired) electrons. The molecule has 0 bridgehead atoms. The zero-order valence-electron chi connectivity index (χ0n) is 8.99. The van der Waals surface area contributed by atoms with E-state index >= 15 is 0 Å². The molecule has 0 amide bonds. The van der Waals surface area contributed by atoms with Crippen LogP contribution >= 0.6 is 0 Å². The number of hydrogen-bond acceptors (Lipinski definition) is 2. The van der Waals surface area contributed by atoms with Crippen LogP contribution in [-0.2, 0) is 10.3 Å². The summed E-state index contributed by atoms with van der Waals surface area (Å²) in [5, 5.41) is 0. The number of isocyanates is 1. The molecule has 1 aromatic carbocycles. The maximum absolute atomic E-state index is 10.5. The minimum Gasteiger partial charge on any atom is -0.211 e. The highest BCUT2D eigenvalue weighted by molar-refractivity contribution is 5.39. The van der Waals surface area contributed by atoms with Crippen LogP contribution in [-0.4, -0.2) is 6.08 Å². The van der Waals surface area contributed by atoms with Crippen LogP contribution in [0.15, 0.2) is 29.3 Å². The maximum Gasteiger partial charge on any atom is 0.235 e. The first-order chi connectivity index (χ1) is 7.27. The molecule has 0 atom stereocenters. The molecular weight excluding hydrogens is 186 g/mol. The van der Waals surface area contributed by atoms with E-state index in [1.165, 1.54) is 11.1 Å². The summed E-state index contributed by atoms with van der Waals surface area (Å²) in [7, 11) is 0. The maximum atomic E-state index is 10.5. The van der Waals surface area contributed by atoms with E-state index in [0.29, 0.717) is 0 Å². The normalized spacial score (nSPS) is 18.5. The van der Waals surface area contributed by atoms with Gasteiger partial charge >= 0.3 is 0 Å². The lowest BCUT2D eigenvalue weighted by atomic mass is 9.88. The van der Waals surface area contributed by atoms with Crippen LogP contribution in [0.3, 0.4) is 0 Å². The summed E-state index contributed by atoms with van der Waals surface area (Å²) in [5.41, 5.74) is 2.12. The number of aryl methyl sites for hydroxylation is 1. The molecule has 0 saturated heterocycles. The predicted octanol–water partition coefficient (Wildman–Crippen LogP) is 3.10. The number of benzene rings is 1. The average molecular weight is 201 g/mol. The van der Waals surface area contributed by atoms with Gasteiger partial charge in [0.1, 0.15) is 0 Å². The van der Waals surface area contributed by atoms with Crippen LogP contribution in [0, 0.1) is 6.92 Å². The van der Waals surface area contributed by atoms with Crippen LogP contribution in [0.4, 0.5) is 0 Å². The first-order valence-electron chi connectivity index (χ1n) is 5.43. The van der Waals surface area contributed by atoms with Crippen LogP contribution in [0.1, 0.15) is 36.8 Å². The average Bonchev–Trinajstić information content (AvgIpc) is 2.68. The van der Waals surface area contributed by atoms with Crippen molar-refractivity contribution in [2.24, 2.45) is 4.99 Å². The van der Waals surface area contributed by atoms with E-state index in [0.717, 1.165) is 25.7 Å². The van der Waals surface area contributed by atoms with E-state index in [9.17, 15) is 4.79 Å². The molecule has 1 aliphatic rings. The third-order valence-electron chi connectivity index (χ3n) is 3.25. The predicted molar refractivity (Wildman–Crippen MR) is 59.4 cm³/mol. The van der Waals surface area contributed by atoms with Crippen molar-refractivity contribution in [1.82, 2.24) is 0 Å². The Kier molecular flexibility index (Phi) is 2.70. The Labute approximate surface area is 90.0 Å². The minimum atomic E-state index is -0.270. The zero-order valence-corrected chi connectivity index (χ0v) is 8.99. The topological polar surface area (TPSA) is 29.4 Å². The van der Waals surface area contributed by atoms with E-state index in [4.69, 9.17) is 0 Å². The standard InChI is InChI=1S/C13H15NO/c1-11-5-4-6-12(9-11)13(14-10-15)7-2-3-8-13/h4-6,9H,2-3,7-8H2,1H3. The molecule has 2 nitrogen and oxygen atoms in total. The summed E-state index contributed by atoms with van der Waals surface area (Å²) in [4.78, 5) is 14.6. The van der Waals surface area contributed by atoms with Gasteiger partial charge in [-0.2, -0.15) is 4.99 Å². The van der Waals surface area contributed by atoms with Crippen molar-refractivity contribution in [3.63, 3.8) is 0 Å². The first kappa shape index (κ1) is 10.1. The fraction of sp³-hybridized carbons (Fsp3) is 0.462. The molecule has 0 aromatic heterocycles. The summed E-state index contributed by atoms with van der Waals surface area (Å²) >= 11 is 0. The fourth-order valence-corrected chi connectivity index (χ4v) is 2.45. The van der Waals surface area contributed by atoms with Gasteiger partial charge in [0.2, 0.25) is 6.08 Å². The lowest BCUT2D eigenvalue weighted by molar-refractivity contribution is 0.455. The van der Waals surface area contributed by atoms with Gasteiger partial charge in [0, 0.05) is 0 Å². The number of carbonyl (C=O) groups excluding carboxylic acids is 1. The molecule has 2 heteroatoms. The molecule has 2 rings (SSSR count). The van der Waals surface area contributed by atoms with Gasteiger partial charge in [0.15, 0.2) is 0 Å². The van der Waals surface area contributed by atoms with Crippen molar-refractivity contribution in [1.29, 1.82) is 0 Å². The molecule has 1 saturated carbocycles. The molecule has 1 fully saturated rings. The summed E-state index contributed by atoms with van der Waals surface area (Å²) < 4.78 is 0. The van der Waals surface area contributed by atoms with E-state index in [1.807, 2.05) is 6.07 Å². The smallest absolute Gasteiger partial charge is 0.211 e. The lowest BCUT2D eigenvalue weighted by Gasteiger charge is -2.23. The van der Waals surface area contributed by atoms with Gasteiger partial charge in [-0.1, -0.05) is 42.7 Å². The van der Waals surface area contributed by atoms with Gasteiger partial charge in [-0.15, -0.1) is 0 Å². The highest BCUT2D eigenvalue weighted by atomic mass is 16.1. The Hall–Kier alpha value is -1.40. The third kappa shape index (κ3) is 1.86. The summed E-state index contributed by atoms with van der Waals surface area (Å²) in [6.45, 7) is 2.07. The molecule has 0 heterocycles. The Bertz CT molecular complexity index is 399. The molecule has 0 N–H and O–H groups in total. The van der Waals surface area contributed by atoms with Gasteiger partial charge in [-0.25, -0.2) is 4.79 Å². The molecule has 0 spiro atoms. The largest absolute Gasteiger partial charge is 0.235 e. The second kappa shape index (κ2) is 4.00. The molecule has 1 aliphatic carbocycles. The number of aliphatic imine (C=N–C) groups is 1. The van der Waals surface area contributed by atoms with Crippen molar-refractivity contribution in [3.8, 4) is 0 Å². The van der Waals surface area contributed by atoms with Crippen LogP contribution in [0.25, 0.3) is 0 Å². The Morgan fingerprint density at radius 3 is 2.67 bits per heavy atom. The zero-order chi connectivity index (χ0) is 10.7. The summed E-state index contributed by atoms with van der Waals surface area (Å²) in [5.74, 6) is 0. The molecule has 78 valence electrons. The van der Waals surface area contributed by atoms with Gasteiger partial charge in [0.25, 0.3) is 0 Å².